The summed E-state index contributed by atoms with van der Waals surface area (Å²) >= 11 is 0. The molecule has 0 radical (unpaired) electrons. The minimum atomic E-state index is 0. The summed E-state index contributed by atoms with van der Waals surface area (Å²) in [4.78, 5) is 7.31. The number of fused-ring (bicyclic) bond motifs is 2. The first-order valence-electron chi connectivity index (χ1n) is 9.20. The molecule has 0 aromatic heterocycles. The predicted molar refractivity (Wildman–Crippen MR) is 114 cm³/mol. The summed E-state index contributed by atoms with van der Waals surface area (Å²) in [6, 6.07) is 9.20. The van der Waals surface area contributed by atoms with E-state index in [9.17, 15) is 5.11 Å². The average Bonchev–Trinajstić information content (AvgIpc) is 2.55. The Kier molecular flexibility index (Phi) is 7.81. The van der Waals surface area contributed by atoms with E-state index in [1.54, 1.807) is 12.1 Å². The number of guanidine groups is 1. The molecule has 2 bridgehead atoms. The molecule has 3 rings (SSSR count). The highest BCUT2D eigenvalue weighted by Gasteiger charge is 2.36. The second kappa shape index (κ2) is 9.62. The van der Waals surface area contributed by atoms with Crippen molar-refractivity contribution in [2.45, 2.75) is 63.7 Å². The molecule has 25 heavy (non-hydrogen) atoms. The quantitative estimate of drug-likeness (QED) is 0.369. The normalized spacial score (nSPS) is 26.6. The van der Waals surface area contributed by atoms with Crippen LogP contribution in [0.3, 0.4) is 0 Å². The van der Waals surface area contributed by atoms with Gasteiger partial charge in [-0.2, -0.15) is 0 Å². The highest BCUT2D eigenvalue weighted by molar-refractivity contribution is 14.0. The zero-order chi connectivity index (χ0) is 16.9. The van der Waals surface area contributed by atoms with Gasteiger partial charge in [0, 0.05) is 24.7 Å². The Morgan fingerprint density at radius 1 is 1.20 bits per heavy atom. The second-order valence-electron chi connectivity index (χ2n) is 7.08. The van der Waals surface area contributed by atoms with Crippen molar-refractivity contribution in [3.8, 4) is 5.75 Å². The predicted octanol–water partition coefficient (Wildman–Crippen LogP) is 3.08. The molecule has 5 nitrogen and oxygen atoms in total. The van der Waals surface area contributed by atoms with E-state index in [1.165, 1.54) is 32.1 Å². The van der Waals surface area contributed by atoms with Crippen LogP contribution in [0.4, 0.5) is 0 Å². The maximum atomic E-state index is 9.37. The van der Waals surface area contributed by atoms with E-state index in [4.69, 9.17) is 4.99 Å². The van der Waals surface area contributed by atoms with Gasteiger partial charge >= 0.3 is 0 Å². The Morgan fingerprint density at radius 2 is 1.84 bits per heavy atom. The minimum Gasteiger partial charge on any atom is -0.508 e. The Labute approximate surface area is 168 Å². The first kappa shape index (κ1) is 20.3. The van der Waals surface area contributed by atoms with Gasteiger partial charge in [0.05, 0.1) is 6.54 Å². The van der Waals surface area contributed by atoms with Crippen LogP contribution in [0.15, 0.2) is 29.3 Å². The molecule has 2 saturated heterocycles. The lowest BCUT2D eigenvalue weighted by atomic mass is 9.82. The van der Waals surface area contributed by atoms with Crippen LogP contribution < -0.4 is 10.6 Å². The number of nitrogens with zero attached hydrogens (tertiary/aromatic N) is 2. The molecule has 0 spiro atoms. The van der Waals surface area contributed by atoms with Crippen molar-refractivity contribution in [1.82, 2.24) is 15.5 Å². The fourth-order valence-electron chi connectivity index (χ4n) is 4.02. The molecule has 1 aromatic rings. The number of rotatable bonds is 4. The number of phenols is 1. The van der Waals surface area contributed by atoms with Crippen molar-refractivity contribution in [3.05, 3.63) is 29.8 Å². The molecule has 3 N–H and O–H groups in total. The first-order chi connectivity index (χ1) is 11.7. The van der Waals surface area contributed by atoms with E-state index in [2.05, 4.69) is 29.5 Å². The van der Waals surface area contributed by atoms with E-state index in [0.29, 0.717) is 18.3 Å². The zero-order valence-electron chi connectivity index (χ0n) is 15.2. The van der Waals surface area contributed by atoms with Crippen LogP contribution in [0.1, 0.15) is 44.6 Å². The molecule has 2 aliphatic heterocycles. The molecule has 2 fully saturated rings. The van der Waals surface area contributed by atoms with Crippen LogP contribution in [-0.2, 0) is 6.54 Å². The number of aromatic hydroxyl groups is 1. The topological polar surface area (TPSA) is 59.9 Å². The zero-order valence-corrected chi connectivity index (χ0v) is 17.6. The summed E-state index contributed by atoms with van der Waals surface area (Å²) in [6.45, 7) is 3.58. The van der Waals surface area contributed by atoms with Gasteiger partial charge in [0.2, 0.25) is 0 Å². The summed E-state index contributed by atoms with van der Waals surface area (Å²) in [5.74, 6) is 1.20. The number of piperidine rings is 2. The number of benzene rings is 1. The molecule has 0 aliphatic carbocycles. The second-order valence-corrected chi connectivity index (χ2v) is 7.08. The summed E-state index contributed by atoms with van der Waals surface area (Å²) in [5, 5.41) is 16.4. The fraction of sp³-hybridized carbons (Fsp3) is 0.632. The maximum absolute atomic E-state index is 9.37. The Balaban J connectivity index is 0.00000225. The van der Waals surface area contributed by atoms with E-state index in [-0.39, 0.29) is 24.0 Å². The van der Waals surface area contributed by atoms with Gasteiger partial charge in [0.25, 0.3) is 0 Å². The lowest BCUT2D eigenvalue weighted by molar-refractivity contribution is 0.0526. The average molecular weight is 458 g/mol. The standard InChI is InChI=1S/C19H30N4O.HI/c1-3-20-19(21-13-14-7-9-18(24)10-8-14)22-15-11-16-5-4-6-17(12-15)23(16)2;/h7-10,15-17,24H,3-6,11-13H2,1-2H3,(H2,20,21,22);1H. The van der Waals surface area contributed by atoms with Gasteiger partial charge in [-0.05, 0) is 57.4 Å². The summed E-state index contributed by atoms with van der Waals surface area (Å²) in [7, 11) is 2.29. The third-order valence-corrected chi connectivity index (χ3v) is 5.38. The first-order valence-corrected chi connectivity index (χ1v) is 9.20. The summed E-state index contributed by atoms with van der Waals surface area (Å²) in [6.07, 6.45) is 6.44. The molecule has 2 unspecified atom stereocenters. The van der Waals surface area contributed by atoms with Crippen LogP contribution >= 0.6 is 24.0 Å². The van der Waals surface area contributed by atoms with Crippen molar-refractivity contribution < 1.29 is 5.11 Å². The minimum absolute atomic E-state index is 0. The molecule has 6 heteroatoms. The van der Waals surface area contributed by atoms with Crippen molar-refractivity contribution in [1.29, 1.82) is 0 Å². The van der Waals surface area contributed by atoms with Crippen molar-refractivity contribution >= 4 is 29.9 Å². The monoisotopic (exact) mass is 458 g/mol. The van der Waals surface area contributed by atoms with Gasteiger partial charge in [-0.3, -0.25) is 0 Å². The van der Waals surface area contributed by atoms with E-state index >= 15 is 0 Å². The van der Waals surface area contributed by atoms with Crippen LogP contribution in [-0.4, -0.2) is 47.7 Å². The van der Waals surface area contributed by atoms with Gasteiger partial charge in [-0.1, -0.05) is 18.6 Å². The Hall–Kier alpha value is -1.02. The molecule has 0 saturated carbocycles. The van der Waals surface area contributed by atoms with E-state index in [1.807, 2.05) is 12.1 Å². The molecule has 2 aliphatic rings. The number of halogens is 1. The molecule has 1 aromatic carbocycles. The van der Waals surface area contributed by atoms with Gasteiger partial charge in [0.1, 0.15) is 5.75 Å². The number of nitrogens with one attached hydrogen (secondary N) is 2. The largest absolute Gasteiger partial charge is 0.508 e. The SMILES string of the molecule is CCNC(=NCc1ccc(O)cc1)NC1CC2CCCC(C1)N2C.I. The number of phenolic OH excluding ortho intramolecular Hbond substituents is 1. The highest BCUT2D eigenvalue weighted by Crippen LogP contribution is 2.32. The third-order valence-electron chi connectivity index (χ3n) is 5.38. The molecular formula is C19H31IN4O. The number of aliphatic imine (C=N–C) groups is 1. The van der Waals surface area contributed by atoms with Crippen LogP contribution in [0.5, 0.6) is 5.75 Å². The number of hydrogen-bond acceptors (Lipinski definition) is 3. The Bertz CT molecular complexity index is 549. The lowest BCUT2D eigenvalue weighted by Crippen LogP contribution is -2.56. The molecule has 0 amide bonds. The molecular weight excluding hydrogens is 427 g/mol. The Morgan fingerprint density at radius 3 is 2.44 bits per heavy atom. The number of hydrogen-bond donors (Lipinski definition) is 3. The summed E-state index contributed by atoms with van der Waals surface area (Å²) < 4.78 is 0. The highest BCUT2D eigenvalue weighted by atomic mass is 127. The molecule has 140 valence electrons. The van der Waals surface area contributed by atoms with Crippen LogP contribution in [0, 0.1) is 0 Å². The molecule has 2 atom stereocenters. The van der Waals surface area contributed by atoms with Gasteiger partial charge in [-0.25, -0.2) is 4.99 Å². The van der Waals surface area contributed by atoms with E-state index in [0.717, 1.165) is 30.2 Å². The van der Waals surface area contributed by atoms with Crippen molar-refractivity contribution in [2.75, 3.05) is 13.6 Å². The van der Waals surface area contributed by atoms with Crippen molar-refractivity contribution in [3.63, 3.8) is 0 Å². The third kappa shape index (κ3) is 5.48. The van der Waals surface area contributed by atoms with Crippen LogP contribution in [0.2, 0.25) is 0 Å². The van der Waals surface area contributed by atoms with Crippen molar-refractivity contribution in [2.24, 2.45) is 4.99 Å². The molecule has 2 heterocycles. The van der Waals surface area contributed by atoms with E-state index < -0.39 is 0 Å². The maximum Gasteiger partial charge on any atom is 0.191 e. The summed E-state index contributed by atoms with van der Waals surface area (Å²) in [5.41, 5.74) is 1.10. The van der Waals surface area contributed by atoms with Gasteiger partial charge in [0.15, 0.2) is 5.96 Å². The smallest absolute Gasteiger partial charge is 0.191 e. The van der Waals surface area contributed by atoms with Crippen LogP contribution in [0.25, 0.3) is 0 Å². The van der Waals surface area contributed by atoms with Gasteiger partial charge in [-0.15, -0.1) is 24.0 Å². The lowest BCUT2D eigenvalue weighted by Gasteiger charge is -2.47. The fourth-order valence-corrected chi connectivity index (χ4v) is 4.02. The van der Waals surface area contributed by atoms with Gasteiger partial charge < -0.3 is 20.6 Å².